The van der Waals surface area contributed by atoms with Crippen molar-refractivity contribution in [1.29, 1.82) is 0 Å². The Labute approximate surface area is 190 Å². The van der Waals surface area contributed by atoms with E-state index in [1.165, 1.54) is 18.4 Å². The molecule has 3 aliphatic rings. The van der Waals surface area contributed by atoms with Crippen molar-refractivity contribution in [2.75, 3.05) is 44.3 Å². The summed E-state index contributed by atoms with van der Waals surface area (Å²) < 4.78 is 5.48. The van der Waals surface area contributed by atoms with Gasteiger partial charge >= 0.3 is 0 Å². The number of nitrogens with zero attached hydrogens (tertiary/aromatic N) is 3. The molecule has 7 heteroatoms. The molecule has 4 heterocycles. The molecular weight excluding hydrogens is 402 g/mol. The van der Waals surface area contributed by atoms with Gasteiger partial charge < -0.3 is 20.3 Å². The lowest BCUT2D eigenvalue weighted by Crippen LogP contribution is -2.37. The molecule has 0 radical (unpaired) electrons. The van der Waals surface area contributed by atoms with Gasteiger partial charge in [-0.1, -0.05) is 12.1 Å². The lowest BCUT2D eigenvalue weighted by Gasteiger charge is -2.23. The lowest BCUT2D eigenvalue weighted by atomic mass is 9.90. The molecule has 1 aromatic heterocycles. The summed E-state index contributed by atoms with van der Waals surface area (Å²) >= 11 is 0. The van der Waals surface area contributed by atoms with Crippen molar-refractivity contribution in [2.24, 2.45) is 0 Å². The van der Waals surface area contributed by atoms with E-state index in [1.807, 2.05) is 24.4 Å². The molecule has 1 aromatic carbocycles. The number of benzene rings is 1. The van der Waals surface area contributed by atoms with Gasteiger partial charge in [0, 0.05) is 55.7 Å². The Morgan fingerprint density at radius 3 is 2.56 bits per heavy atom. The molecule has 5 rings (SSSR count). The fourth-order valence-corrected chi connectivity index (χ4v) is 5.13. The van der Waals surface area contributed by atoms with Crippen molar-refractivity contribution in [1.82, 2.24) is 20.6 Å². The highest BCUT2D eigenvalue weighted by atomic mass is 16.5. The first-order chi connectivity index (χ1) is 15.8. The van der Waals surface area contributed by atoms with E-state index in [0.29, 0.717) is 11.8 Å². The number of anilines is 1. The number of nitrogens with one attached hydrogen (secondary N) is 2. The highest BCUT2D eigenvalue weighted by Crippen LogP contribution is 2.27. The molecule has 32 heavy (non-hydrogen) atoms. The van der Waals surface area contributed by atoms with E-state index in [2.05, 4.69) is 32.7 Å². The minimum absolute atomic E-state index is 0.00517. The summed E-state index contributed by atoms with van der Waals surface area (Å²) in [6.07, 6.45) is 7.15. The highest BCUT2D eigenvalue weighted by Gasteiger charge is 2.27. The van der Waals surface area contributed by atoms with Crippen LogP contribution in [0.15, 0.2) is 36.5 Å². The fraction of sp³-hybridized carbons (Fsp3) is 0.560. The zero-order valence-corrected chi connectivity index (χ0v) is 18.6. The second kappa shape index (κ2) is 9.96. The molecular formula is C25H33N5O2. The zero-order valence-electron chi connectivity index (χ0n) is 18.6. The lowest BCUT2D eigenvalue weighted by molar-refractivity contribution is 0.0845. The van der Waals surface area contributed by atoms with Gasteiger partial charge in [-0.2, -0.15) is 0 Å². The molecule has 3 fully saturated rings. The Kier molecular flexibility index (Phi) is 6.64. The number of rotatable bonds is 5. The average Bonchev–Trinajstić information content (AvgIpc) is 3.34. The van der Waals surface area contributed by atoms with E-state index in [0.717, 1.165) is 75.9 Å². The number of ether oxygens (including phenoxy) is 1. The largest absolute Gasteiger partial charge is 0.381 e. The van der Waals surface area contributed by atoms with Crippen LogP contribution in [0.5, 0.6) is 0 Å². The van der Waals surface area contributed by atoms with Crippen LogP contribution in [0.4, 0.5) is 5.95 Å². The first-order valence-corrected chi connectivity index (χ1v) is 12.0. The van der Waals surface area contributed by atoms with Crippen molar-refractivity contribution >= 4 is 11.9 Å². The molecule has 3 saturated heterocycles. The van der Waals surface area contributed by atoms with Crippen LogP contribution in [0, 0.1) is 0 Å². The van der Waals surface area contributed by atoms with Crippen LogP contribution in [0.1, 0.15) is 65.6 Å². The molecule has 0 saturated carbocycles. The molecule has 0 bridgehead atoms. The van der Waals surface area contributed by atoms with Crippen molar-refractivity contribution in [3.05, 3.63) is 53.3 Å². The van der Waals surface area contributed by atoms with Crippen molar-refractivity contribution in [2.45, 2.75) is 50.0 Å². The molecule has 2 aromatic rings. The number of carbonyl (C=O) groups is 1. The Morgan fingerprint density at radius 2 is 1.78 bits per heavy atom. The maximum atomic E-state index is 12.8. The van der Waals surface area contributed by atoms with Gasteiger partial charge in [-0.15, -0.1) is 0 Å². The number of hydrogen-bond acceptors (Lipinski definition) is 6. The standard InChI is InChI=1S/C25H33N5O2/c31-24(21-3-1-18(2-4-21)19-5-11-26-12-6-19)28-22-8-14-30(17-22)25-27-13-7-23(29-25)20-9-15-32-16-10-20/h1-4,7,13,19-20,22,26H,5-6,8-12,14-17H2,(H,28,31). The van der Waals surface area contributed by atoms with E-state index < -0.39 is 0 Å². The van der Waals surface area contributed by atoms with Gasteiger partial charge in [0.2, 0.25) is 5.95 Å². The molecule has 0 aliphatic carbocycles. The third-order valence-corrected chi connectivity index (χ3v) is 7.09. The van der Waals surface area contributed by atoms with Gasteiger partial charge in [-0.3, -0.25) is 4.79 Å². The normalized spacial score (nSPS) is 22.8. The monoisotopic (exact) mass is 435 g/mol. The minimum atomic E-state index is 0.00517. The Morgan fingerprint density at radius 1 is 1.00 bits per heavy atom. The second-order valence-corrected chi connectivity index (χ2v) is 9.22. The van der Waals surface area contributed by atoms with Gasteiger partial charge in [-0.25, -0.2) is 9.97 Å². The fourth-order valence-electron chi connectivity index (χ4n) is 5.13. The van der Waals surface area contributed by atoms with Crippen LogP contribution in [0.3, 0.4) is 0 Å². The van der Waals surface area contributed by atoms with Crippen LogP contribution in [0.25, 0.3) is 0 Å². The minimum Gasteiger partial charge on any atom is -0.381 e. The quantitative estimate of drug-likeness (QED) is 0.752. The Bertz CT molecular complexity index is 907. The first kappa shape index (κ1) is 21.3. The number of piperidine rings is 1. The summed E-state index contributed by atoms with van der Waals surface area (Å²) in [5, 5.41) is 6.62. The molecule has 1 atom stereocenters. The average molecular weight is 436 g/mol. The Hall–Kier alpha value is -2.51. The van der Waals surface area contributed by atoms with Crippen LogP contribution < -0.4 is 15.5 Å². The molecule has 1 amide bonds. The van der Waals surface area contributed by atoms with E-state index in [4.69, 9.17) is 9.72 Å². The van der Waals surface area contributed by atoms with E-state index in [9.17, 15) is 4.79 Å². The summed E-state index contributed by atoms with van der Waals surface area (Å²) in [6.45, 7) is 5.37. The molecule has 0 spiro atoms. The van der Waals surface area contributed by atoms with Gasteiger partial charge in [-0.05, 0) is 74.9 Å². The van der Waals surface area contributed by atoms with E-state index in [-0.39, 0.29) is 11.9 Å². The third kappa shape index (κ3) is 4.94. The van der Waals surface area contributed by atoms with Gasteiger partial charge in [0.25, 0.3) is 5.91 Å². The predicted molar refractivity (Wildman–Crippen MR) is 124 cm³/mol. The topological polar surface area (TPSA) is 79.4 Å². The van der Waals surface area contributed by atoms with Crippen LogP contribution in [0.2, 0.25) is 0 Å². The number of hydrogen-bond donors (Lipinski definition) is 2. The zero-order chi connectivity index (χ0) is 21.8. The summed E-state index contributed by atoms with van der Waals surface area (Å²) in [6, 6.07) is 10.3. The maximum Gasteiger partial charge on any atom is 0.251 e. The summed E-state index contributed by atoms with van der Waals surface area (Å²) in [4.78, 5) is 24.4. The number of amides is 1. The van der Waals surface area contributed by atoms with E-state index >= 15 is 0 Å². The SMILES string of the molecule is O=C(NC1CCN(c2nccc(C3CCOCC3)n2)C1)c1ccc(C2CCNCC2)cc1. The van der Waals surface area contributed by atoms with Crippen LogP contribution >= 0.6 is 0 Å². The summed E-state index contributed by atoms with van der Waals surface area (Å²) in [7, 11) is 0. The molecule has 170 valence electrons. The Balaban J connectivity index is 1.17. The summed E-state index contributed by atoms with van der Waals surface area (Å²) in [5.41, 5.74) is 3.19. The second-order valence-electron chi connectivity index (χ2n) is 9.22. The summed E-state index contributed by atoms with van der Waals surface area (Å²) in [5.74, 6) is 1.84. The van der Waals surface area contributed by atoms with Crippen molar-refractivity contribution in [3.63, 3.8) is 0 Å². The van der Waals surface area contributed by atoms with Gasteiger partial charge in [0.05, 0.1) is 0 Å². The third-order valence-electron chi connectivity index (χ3n) is 7.09. The van der Waals surface area contributed by atoms with Crippen molar-refractivity contribution < 1.29 is 9.53 Å². The first-order valence-electron chi connectivity index (χ1n) is 12.0. The van der Waals surface area contributed by atoms with Crippen molar-refractivity contribution in [3.8, 4) is 0 Å². The maximum absolute atomic E-state index is 12.8. The number of aromatic nitrogens is 2. The smallest absolute Gasteiger partial charge is 0.251 e. The van der Waals surface area contributed by atoms with Gasteiger partial charge in [0.15, 0.2) is 0 Å². The molecule has 1 unspecified atom stereocenters. The number of carbonyl (C=O) groups excluding carboxylic acids is 1. The van der Waals surface area contributed by atoms with E-state index in [1.54, 1.807) is 0 Å². The van der Waals surface area contributed by atoms with Crippen LogP contribution in [-0.2, 0) is 4.74 Å². The molecule has 3 aliphatic heterocycles. The highest BCUT2D eigenvalue weighted by molar-refractivity contribution is 5.94. The van der Waals surface area contributed by atoms with Crippen LogP contribution in [-0.4, -0.2) is 61.3 Å². The molecule has 2 N–H and O–H groups in total. The van der Waals surface area contributed by atoms with Gasteiger partial charge in [0.1, 0.15) is 0 Å². The molecule has 7 nitrogen and oxygen atoms in total. The predicted octanol–water partition coefficient (Wildman–Crippen LogP) is 2.85.